The second kappa shape index (κ2) is 8.29. The van der Waals surface area contributed by atoms with Crippen LogP contribution in [0.15, 0.2) is 0 Å². The molecule has 1 heterocycles. The lowest BCUT2D eigenvalue weighted by Gasteiger charge is -2.24. The smallest absolute Gasteiger partial charge is 0.407 e. The van der Waals surface area contributed by atoms with Gasteiger partial charge in [-0.1, -0.05) is 12.8 Å². The first kappa shape index (κ1) is 17.0. The number of amides is 1. The van der Waals surface area contributed by atoms with E-state index in [9.17, 15) is 4.79 Å². The van der Waals surface area contributed by atoms with E-state index in [1.807, 2.05) is 20.8 Å². The normalized spacial score (nSPS) is 16.2. The number of hydrogen-bond acceptors (Lipinski definition) is 3. The van der Waals surface area contributed by atoms with Gasteiger partial charge < -0.3 is 20.3 Å². The molecule has 5 nitrogen and oxygen atoms in total. The summed E-state index contributed by atoms with van der Waals surface area (Å²) in [6.07, 6.45) is 4.61. The van der Waals surface area contributed by atoms with E-state index in [1.165, 1.54) is 25.7 Å². The number of alkyl carbamates (subject to hydrolysis) is 1. The van der Waals surface area contributed by atoms with Gasteiger partial charge in [0.2, 0.25) is 0 Å². The fourth-order valence-corrected chi connectivity index (χ4v) is 2.32. The van der Waals surface area contributed by atoms with Crippen molar-refractivity contribution < 1.29 is 9.53 Å². The minimum absolute atomic E-state index is 0.389. The number of likely N-dealkylation sites (tertiary alicyclic amines) is 1. The van der Waals surface area contributed by atoms with Crippen LogP contribution < -0.4 is 10.6 Å². The highest BCUT2D eigenvalue weighted by molar-refractivity contribution is 7.80. The summed E-state index contributed by atoms with van der Waals surface area (Å²) in [6.45, 7) is 8.73. The minimum atomic E-state index is -0.459. The third-order valence-electron chi connectivity index (χ3n) is 2.96. The number of rotatable bonds is 3. The molecule has 0 aromatic heterocycles. The first-order chi connectivity index (χ1) is 9.38. The molecular formula is C14H27N3O2S. The molecule has 20 heavy (non-hydrogen) atoms. The van der Waals surface area contributed by atoms with E-state index < -0.39 is 5.60 Å². The first-order valence-corrected chi connectivity index (χ1v) is 7.79. The molecular weight excluding hydrogens is 274 g/mol. The van der Waals surface area contributed by atoms with Gasteiger partial charge in [0, 0.05) is 26.2 Å². The number of nitrogens with zero attached hydrogens (tertiary/aromatic N) is 1. The van der Waals surface area contributed by atoms with Crippen molar-refractivity contribution in [2.45, 2.75) is 52.1 Å². The second-order valence-electron chi connectivity index (χ2n) is 6.06. The van der Waals surface area contributed by atoms with Crippen molar-refractivity contribution in [2.24, 2.45) is 0 Å². The highest BCUT2D eigenvalue weighted by atomic mass is 32.1. The Morgan fingerprint density at radius 1 is 1.10 bits per heavy atom. The third kappa shape index (κ3) is 7.53. The average Bonchev–Trinajstić information content (AvgIpc) is 2.61. The summed E-state index contributed by atoms with van der Waals surface area (Å²) in [5, 5.41) is 6.68. The van der Waals surface area contributed by atoms with Crippen LogP contribution in [-0.4, -0.2) is 47.9 Å². The van der Waals surface area contributed by atoms with E-state index in [4.69, 9.17) is 17.0 Å². The molecule has 2 N–H and O–H groups in total. The molecule has 0 aliphatic carbocycles. The van der Waals surface area contributed by atoms with Crippen LogP contribution in [0.1, 0.15) is 46.5 Å². The van der Waals surface area contributed by atoms with E-state index >= 15 is 0 Å². The molecule has 1 saturated heterocycles. The van der Waals surface area contributed by atoms with Gasteiger partial charge in [-0.15, -0.1) is 0 Å². The summed E-state index contributed by atoms with van der Waals surface area (Å²) in [5.41, 5.74) is -0.459. The monoisotopic (exact) mass is 301 g/mol. The van der Waals surface area contributed by atoms with E-state index in [0.29, 0.717) is 13.1 Å². The van der Waals surface area contributed by atoms with Gasteiger partial charge in [0.1, 0.15) is 5.60 Å². The van der Waals surface area contributed by atoms with Gasteiger partial charge in [-0.3, -0.25) is 0 Å². The summed E-state index contributed by atoms with van der Waals surface area (Å²) in [4.78, 5) is 13.7. The van der Waals surface area contributed by atoms with Crippen LogP contribution in [0.3, 0.4) is 0 Å². The van der Waals surface area contributed by atoms with Crippen LogP contribution in [0.5, 0.6) is 0 Å². The Kier molecular flexibility index (Phi) is 7.05. The van der Waals surface area contributed by atoms with Gasteiger partial charge in [-0.25, -0.2) is 4.79 Å². The first-order valence-electron chi connectivity index (χ1n) is 7.38. The molecule has 0 spiro atoms. The van der Waals surface area contributed by atoms with Crippen LogP contribution in [-0.2, 0) is 4.74 Å². The Bertz CT molecular complexity index is 321. The maximum absolute atomic E-state index is 11.4. The quantitative estimate of drug-likeness (QED) is 0.618. The fraction of sp³-hybridized carbons (Fsp3) is 0.857. The van der Waals surface area contributed by atoms with Crippen molar-refractivity contribution in [3.05, 3.63) is 0 Å². The summed E-state index contributed by atoms with van der Waals surface area (Å²) in [5.74, 6) is 0. The zero-order valence-electron chi connectivity index (χ0n) is 12.8. The standard InChI is InChI=1S/C14H27N3O2S/c1-14(2,3)19-13(18)16-9-8-15-12(20)17-10-6-4-5-7-11-17/h4-11H2,1-3H3,(H,15,20)(H,16,18). The largest absolute Gasteiger partial charge is 0.444 e. The van der Waals surface area contributed by atoms with Crippen molar-refractivity contribution >= 4 is 23.4 Å². The van der Waals surface area contributed by atoms with Gasteiger partial charge in [-0.2, -0.15) is 0 Å². The molecule has 0 aromatic rings. The molecule has 1 amide bonds. The molecule has 1 aliphatic rings. The zero-order chi connectivity index (χ0) is 15.0. The Morgan fingerprint density at radius 2 is 1.65 bits per heavy atom. The Balaban J connectivity index is 2.14. The maximum Gasteiger partial charge on any atom is 0.407 e. The van der Waals surface area contributed by atoms with Crippen LogP contribution in [0, 0.1) is 0 Å². The molecule has 6 heteroatoms. The number of ether oxygens (including phenoxy) is 1. The lowest BCUT2D eigenvalue weighted by Crippen LogP contribution is -2.43. The molecule has 0 unspecified atom stereocenters. The molecule has 0 atom stereocenters. The highest BCUT2D eigenvalue weighted by Crippen LogP contribution is 2.09. The third-order valence-corrected chi connectivity index (χ3v) is 3.37. The van der Waals surface area contributed by atoms with Gasteiger partial charge in [0.05, 0.1) is 0 Å². The number of carbonyl (C=O) groups is 1. The van der Waals surface area contributed by atoms with Gasteiger partial charge in [-0.05, 0) is 45.8 Å². The molecule has 1 rings (SSSR count). The molecule has 1 fully saturated rings. The number of carbonyl (C=O) groups excluding carboxylic acids is 1. The Morgan fingerprint density at radius 3 is 2.20 bits per heavy atom. The van der Waals surface area contributed by atoms with Crippen molar-refractivity contribution in [1.29, 1.82) is 0 Å². The van der Waals surface area contributed by atoms with Gasteiger partial charge in [0.15, 0.2) is 5.11 Å². The van der Waals surface area contributed by atoms with E-state index in [2.05, 4.69) is 15.5 Å². The molecule has 0 bridgehead atoms. The predicted molar refractivity (Wildman–Crippen MR) is 84.9 cm³/mol. The van der Waals surface area contributed by atoms with E-state index in [1.54, 1.807) is 0 Å². The van der Waals surface area contributed by atoms with E-state index in [0.717, 1.165) is 18.2 Å². The Hall–Kier alpha value is -1.04. The molecule has 116 valence electrons. The van der Waals surface area contributed by atoms with Crippen molar-refractivity contribution in [3.8, 4) is 0 Å². The fourth-order valence-electron chi connectivity index (χ4n) is 2.03. The van der Waals surface area contributed by atoms with Gasteiger partial charge in [0.25, 0.3) is 0 Å². The SMILES string of the molecule is CC(C)(C)OC(=O)NCCNC(=S)N1CCCCCC1. The minimum Gasteiger partial charge on any atom is -0.444 e. The van der Waals surface area contributed by atoms with E-state index in [-0.39, 0.29) is 6.09 Å². The zero-order valence-corrected chi connectivity index (χ0v) is 13.6. The summed E-state index contributed by atoms with van der Waals surface area (Å²) in [7, 11) is 0. The van der Waals surface area contributed by atoms with Crippen LogP contribution in [0.25, 0.3) is 0 Å². The number of thiocarbonyl (C=S) groups is 1. The maximum atomic E-state index is 11.4. The number of hydrogen-bond donors (Lipinski definition) is 2. The Labute approximate surface area is 127 Å². The topological polar surface area (TPSA) is 53.6 Å². The molecule has 0 radical (unpaired) electrons. The van der Waals surface area contributed by atoms with Crippen LogP contribution in [0.4, 0.5) is 4.79 Å². The van der Waals surface area contributed by atoms with Crippen LogP contribution in [0.2, 0.25) is 0 Å². The molecule has 0 saturated carbocycles. The van der Waals surface area contributed by atoms with Crippen molar-refractivity contribution in [2.75, 3.05) is 26.2 Å². The molecule has 1 aliphatic heterocycles. The number of nitrogens with one attached hydrogen (secondary N) is 2. The summed E-state index contributed by atoms with van der Waals surface area (Å²) < 4.78 is 5.16. The van der Waals surface area contributed by atoms with Crippen LogP contribution >= 0.6 is 12.2 Å². The lowest BCUT2D eigenvalue weighted by atomic mass is 10.2. The highest BCUT2D eigenvalue weighted by Gasteiger charge is 2.15. The summed E-state index contributed by atoms with van der Waals surface area (Å²) in [6, 6.07) is 0. The van der Waals surface area contributed by atoms with Crippen molar-refractivity contribution in [1.82, 2.24) is 15.5 Å². The average molecular weight is 301 g/mol. The van der Waals surface area contributed by atoms with Gasteiger partial charge >= 0.3 is 6.09 Å². The predicted octanol–water partition coefficient (Wildman–Crippen LogP) is 2.26. The van der Waals surface area contributed by atoms with Crippen molar-refractivity contribution in [3.63, 3.8) is 0 Å². The summed E-state index contributed by atoms with van der Waals surface area (Å²) >= 11 is 5.37. The molecule has 0 aromatic carbocycles. The lowest BCUT2D eigenvalue weighted by molar-refractivity contribution is 0.0529. The second-order valence-corrected chi connectivity index (χ2v) is 6.45.